The maximum absolute atomic E-state index is 11.6. The van der Waals surface area contributed by atoms with E-state index in [2.05, 4.69) is 24.1 Å². The number of carboxylic acids is 1. The molecule has 2 N–H and O–H groups in total. The van der Waals surface area contributed by atoms with Crippen LogP contribution >= 0.6 is 0 Å². The summed E-state index contributed by atoms with van der Waals surface area (Å²) in [5.74, 6) is -0.454. The molecule has 1 aliphatic carbocycles. The summed E-state index contributed by atoms with van der Waals surface area (Å²) in [6.45, 7) is 7.09. The monoisotopic (exact) mass is 284 g/mol. The number of carboxylic acid groups (broad SMARTS) is 1. The molecular formula is C15H28N2O3. The van der Waals surface area contributed by atoms with Crippen LogP contribution in [0, 0.1) is 5.92 Å². The molecule has 1 saturated carbocycles. The van der Waals surface area contributed by atoms with E-state index < -0.39 is 11.5 Å². The van der Waals surface area contributed by atoms with E-state index in [1.165, 1.54) is 0 Å². The van der Waals surface area contributed by atoms with Gasteiger partial charge in [-0.25, -0.2) is 0 Å². The van der Waals surface area contributed by atoms with E-state index in [4.69, 9.17) is 4.74 Å². The number of hydrogen-bond acceptors (Lipinski definition) is 4. The van der Waals surface area contributed by atoms with E-state index >= 15 is 0 Å². The fourth-order valence-electron chi connectivity index (χ4n) is 3.99. The van der Waals surface area contributed by atoms with Crippen molar-refractivity contribution >= 4 is 5.97 Å². The zero-order valence-electron chi connectivity index (χ0n) is 12.9. The van der Waals surface area contributed by atoms with Gasteiger partial charge in [0, 0.05) is 13.1 Å². The second-order valence-electron chi connectivity index (χ2n) is 6.42. The van der Waals surface area contributed by atoms with Crippen LogP contribution in [0.4, 0.5) is 0 Å². The molecule has 5 heteroatoms. The topological polar surface area (TPSA) is 61.8 Å². The van der Waals surface area contributed by atoms with Crippen molar-refractivity contribution in [2.75, 3.05) is 26.7 Å². The zero-order chi connectivity index (χ0) is 14.8. The Morgan fingerprint density at radius 1 is 1.40 bits per heavy atom. The van der Waals surface area contributed by atoms with Crippen LogP contribution in [0.5, 0.6) is 0 Å². The van der Waals surface area contributed by atoms with Crippen molar-refractivity contribution in [3.05, 3.63) is 0 Å². The summed E-state index contributed by atoms with van der Waals surface area (Å²) in [5, 5.41) is 12.6. The number of aliphatic carboxylic acids is 1. The average Bonchev–Trinajstić information content (AvgIpc) is 2.79. The highest BCUT2D eigenvalue weighted by Crippen LogP contribution is 2.38. The lowest BCUT2D eigenvalue weighted by molar-refractivity contribution is -0.146. The predicted octanol–water partition coefficient (Wildman–Crippen LogP) is 1.33. The summed E-state index contributed by atoms with van der Waals surface area (Å²) in [6.07, 6.45) is 4.27. The lowest BCUT2D eigenvalue weighted by Crippen LogP contribution is -2.54. The summed E-state index contributed by atoms with van der Waals surface area (Å²) in [4.78, 5) is 14.0. The molecule has 0 aromatic rings. The first-order valence-corrected chi connectivity index (χ1v) is 7.78. The smallest absolute Gasteiger partial charge is 0.324 e. The Kier molecular flexibility index (Phi) is 5.04. The van der Waals surface area contributed by atoms with Crippen molar-refractivity contribution in [3.8, 4) is 0 Å². The number of nitrogens with zero attached hydrogens (tertiary/aromatic N) is 1. The van der Waals surface area contributed by atoms with Crippen LogP contribution in [-0.2, 0) is 9.53 Å². The minimum absolute atomic E-state index is 0.235. The Balaban J connectivity index is 1.91. The highest BCUT2D eigenvalue weighted by Gasteiger charge is 2.47. The number of morpholine rings is 1. The standard InChI is InChI=1S/C15H28N2O3/c1-11-9-17(10-12(2)20-11)8-6-13-5-4-7-15(13,16-3)14(18)19/h11-13,16H,4-10H2,1-3H3,(H,18,19)/t11-,12+,13?,15?. The lowest BCUT2D eigenvalue weighted by atomic mass is 9.84. The second kappa shape index (κ2) is 6.41. The number of hydrogen-bond donors (Lipinski definition) is 2. The summed E-state index contributed by atoms with van der Waals surface area (Å²) >= 11 is 0. The third kappa shape index (κ3) is 3.15. The fraction of sp³-hybridized carbons (Fsp3) is 0.933. The molecular weight excluding hydrogens is 256 g/mol. The lowest BCUT2D eigenvalue weighted by Gasteiger charge is -2.37. The molecule has 5 nitrogen and oxygen atoms in total. The number of rotatable bonds is 5. The molecule has 0 radical (unpaired) electrons. The van der Waals surface area contributed by atoms with Gasteiger partial charge in [0.25, 0.3) is 0 Å². The first-order valence-electron chi connectivity index (χ1n) is 7.78. The van der Waals surface area contributed by atoms with Gasteiger partial charge in [0.2, 0.25) is 0 Å². The molecule has 2 fully saturated rings. The van der Waals surface area contributed by atoms with Gasteiger partial charge >= 0.3 is 5.97 Å². The van der Waals surface area contributed by atoms with Gasteiger partial charge in [0.1, 0.15) is 5.54 Å². The molecule has 1 heterocycles. The first-order chi connectivity index (χ1) is 9.48. The van der Waals surface area contributed by atoms with Crippen molar-refractivity contribution in [2.45, 2.75) is 57.3 Å². The van der Waals surface area contributed by atoms with E-state index in [1.807, 2.05) is 0 Å². The molecule has 0 bridgehead atoms. The highest BCUT2D eigenvalue weighted by atomic mass is 16.5. The first kappa shape index (κ1) is 15.7. The minimum Gasteiger partial charge on any atom is -0.480 e. The van der Waals surface area contributed by atoms with E-state index in [-0.39, 0.29) is 18.1 Å². The Morgan fingerprint density at radius 3 is 2.60 bits per heavy atom. The van der Waals surface area contributed by atoms with Crippen LogP contribution in [0.3, 0.4) is 0 Å². The van der Waals surface area contributed by atoms with Crippen molar-refractivity contribution < 1.29 is 14.6 Å². The van der Waals surface area contributed by atoms with Gasteiger partial charge in [-0.2, -0.15) is 0 Å². The number of ether oxygens (including phenoxy) is 1. The number of carbonyl (C=O) groups is 1. The summed E-state index contributed by atoms with van der Waals surface area (Å²) in [5.41, 5.74) is -0.705. The quantitative estimate of drug-likeness (QED) is 0.797. The molecule has 2 rings (SSSR count). The molecule has 4 atom stereocenters. The van der Waals surface area contributed by atoms with E-state index in [0.29, 0.717) is 0 Å². The maximum atomic E-state index is 11.6. The van der Waals surface area contributed by atoms with Crippen LogP contribution in [0.2, 0.25) is 0 Å². The molecule has 1 saturated heterocycles. The van der Waals surface area contributed by atoms with Crippen LogP contribution in [0.25, 0.3) is 0 Å². The Hall–Kier alpha value is -0.650. The molecule has 0 aromatic heterocycles. The number of nitrogens with one attached hydrogen (secondary N) is 1. The minimum atomic E-state index is -0.705. The van der Waals surface area contributed by atoms with Crippen molar-refractivity contribution in [2.24, 2.45) is 5.92 Å². The largest absolute Gasteiger partial charge is 0.480 e. The Labute approximate surface area is 121 Å². The summed E-state index contributed by atoms with van der Waals surface area (Å²) in [6, 6.07) is 0. The van der Waals surface area contributed by atoms with E-state index in [0.717, 1.165) is 45.3 Å². The van der Waals surface area contributed by atoms with E-state index in [9.17, 15) is 9.90 Å². The second-order valence-corrected chi connectivity index (χ2v) is 6.42. The Morgan fingerprint density at radius 2 is 2.05 bits per heavy atom. The summed E-state index contributed by atoms with van der Waals surface area (Å²) < 4.78 is 5.74. The van der Waals surface area contributed by atoms with Crippen LogP contribution < -0.4 is 5.32 Å². The van der Waals surface area contributed by atoms with Gasteiger partial charge in [-0.3, -0.25) is 9.69 Å². The third-order valence-electron chi connectivity index (χ3n) is 4.94. The maximum Gasteiger partial charge on any atom is 0.324 e. The van der Waals surface area contributed by atoms with Gasteiger partial charge < -0.3 is 15.2 Å². The van der Waals surface area contributed by atoms with Crippen LogP contribution in [0.1, 0.15) is 39.5 Å². The third-order valence-corrected chi connectivity index (χ3v) is 4.94. The SMILES string of the molecule is CNC1(C(=O)O)CCCC1CCN1C[C@@H](C)O[C@@H](C)C1. The van der Waals surface area contributed by atoms with Gasteiger partial charge in [-0.05, 0) is 52.6 Å². The molecule has 2 unspecified atom stereocenters. The van der Waals surface area contributed by atoms with Crippen LogP contribution in [-0.4, -0.2) is 60.4 Å². The molecule has 20 heavy (non-hydrogen) atoms. The Bertz CT molecular complexity index is 340. The molecule has 0 aromatic carbocycles. The molecule has 1 aliphatic heterocycles. The van der Waals surface area contributed by atoms with Crippen molar-refractivity contribution in [1.29, 1.82) is 0 Å². The van der Waals surface area contributed by atoms with Gasteiger partial charge in [-0.1, -0.05) is 6.42 Å². The fourth-order valence-corrected chi connectivity index (χ4v) is 3.99. The molecule has 116 valence electrons. The highest BCUT2D eigenvalue weighted by molar-refractivity contribution is 5.79. The van der Waals surface area contributed by atoms with Gasteiger partial charge in [0.15, 0.2) is 0 Å². The molecule has 2 aliphatic rings. The number of likely N-dealkylation sites (N-methyl/N-ethyl adjacent to an activating group) is 1. The zero-order valence-corrected chi connectivity index (χ0v) is 12.9. The van der Waals surface area contributed by atoms with Gasteiger partial charge in [-0.15, -0.1) is 0 Å². The van der Waals surface area contributed by atoms with Crippen molar-refractivity contribution in [1.82, 2.24) is 10.2 Å². The molecule has 0 spiro atoms. The molecule has 0 amide bonds. The predicted molar refractivity (Wildman–Crippen MR) is 77.8 cm³/mol. The summed E-state index contributed by atoms with van der Waals surface area (Å²) in [7, 11) is 1.78. The van der Waals surface area contributed by atoms with E-state index in [1.54, 1.807) is 7.05 Å². The van der Waals surface area contributed by atoms with Crippen LogP contribution in [0.15, 0.2) is 0 Å². The normalized spacial score (nSPS) is 39.0. The van der Waals surface area contributed by atoms with Crippen molar-refractivity contribution in [3.63, 3.8) is 0 Å². The van der Waals surface area contributed by atoms with Gasteiger partial charge in [0.05, 0.1) is 12.2 Å². The average molecular weight is 284 g/mol.